The molecule has 0 unspecified atom stereocenters. The van der Waals surface area contributed by atoms with E-state index in [1.807, 2.05) is 6.92 Å². The summed E-state index contributed by atoms with van der Waals surface area (Å²) < 4.78 is 0. The molecule has 0 spiro atoms. The molecule has 0 amide bonds. The summed E-state index contributed by atoms with van der Waals surface area (Å²) in [6.45, 7) is 4.21. The number of thiazole rings is 1. The van der Waals surface area contributed by atoms with E-state index < -0.39 is 0 Å². The predicted molar refractivity (Wildman–Crippen MR) is 67.6 cm³/mol. The minimum absolute atomic E-state index is 0.0263. The Hall–Kier alpha value is -1.19. The first-order valence-corrected chi connectivity index (χ1v) is 6.22. The Morgan fingerprint density at radius 1 is 1.25 bits per heavy atom. The van der Waals surface area contributed by atoms with E-state index in [1.165, 1.54) is 5.56 Å². The topological polar surface area (TPSA) is 33.1 Å². The highest BCUT2D eigenvalue weighted by Crippen LogP contribution is 2.27. The molecular weight excluding hydrogens is 218 g/mol. The minimum Gasteiger partial charge on any atom is -0.389 e. The van der Waals surface area contributed by atoms with E-state index in [1.54, 1.807) is 11.3 Å². The van der Waals surface area contributed by atoms with Crippen LogP contribution in [0.3, 0.4) is 0 Å². The number of hydrogen-bond donors (Lipinski definition) is 1. The van der Waals surface area contributed by atoms with Crippen molar-refractivity contribution < 1.29 is 5.11 Å². The van der Waals surface area contributed by atoms with Crippen molar-refractivity contribution >= 4 is 11.3 Å². The van der Waals surface area contributed by atoms with Gasteiger partial charge in [0.2, 0.25) is 0 Å². The van der Waals surface area contributed by atoms with Gasteiger partial charge in [-0.2, -0.15) is 0 Å². The zero-order valence-electron chi connectivity index (χ0n) is 9.53. The standard InChI is InChI=1S/C13H15NOS/c1-3-10-4-6-11(7-5-10)13-9(2)16-12(8-15)14-13/h4-7,15H,3,8H2,1-2H3. The SMILES string of the molecule is CCc1ccc(-c2nc(CO)sc2C)cc1. The molecule has 0 radical (unpaired) electrons. The number of hydrogen-bond acceptors (Lipinski definition) is 3. The highest BCUT2D eigenvalue weighted by Gasteiger charge is 2.08. The minimum atomic E-state index is 0.0263. The maximum atomic E-state index is 9.05. The van der Waals surface area contributed by atoms with Crippen LogP contribution in [0.25, 0.3) is 11.3 Å². The van der Waals surface area contributed by atoms with Crippen LogP contribution in [0.5, 0.6) is 0 Å². The highest BCUT2D eigenvalue weighted by atomic mass is 32.1. The van der Waals surface area contributed by atoms with Crippen molar-refractivity contribution in [3.63, 3.8) is 0 Å². The first-order chi connectivity index (χ1) is 7.74. The highest BCUT2D eigenvalue weighted by molar-refractivity contribution is 7.12. The molecule has 0 aliphatic heterocycles. The zero-order valence-corrected chi connectivity index (χ0v) is 10.3. The van der Waals surface area contributed by atoms with E-state index in [4.69, 9.17) is 5.11 Å². The van der Waals surface area contributed by atoms with Crippen molar-refractivity contribution in [2.24, 2.45) is 0 Å². The van der Waals surface area contributed by atoms with E-state index in [2.05, 4.69) is 36.2 Å². The largest absolute Gasteiger partial charge is 0.389 e. The van der Waals surface area contributed by atoms with Gasteiger partial charge in [-0.3, -0.25) is 0 Å². The maximum Gasteiger partial charge on any atom is 0.119 e. The fourth-order valence-electron chi connectivity index (χ4n) is 1.69. The molecule has 1 N–H and O–H groups in total. The lowest BCUT2D eigenvalue weighted by Gasteiger charge is -2.00. The van der Waals surface area contributed by atoms with Crippen LogP contribution in [0.15, 0.2) is 24.3 Å². The quantitative estimate of drug-likeness (QED) is 0.883. The fraction of sp³-hybridized carbons (Fsp3) is 0.308. The second-order valence-corrected chi connectivity index (χ2v) is 5.01. The van der Waals surface area contributed by atoms with Crippen molar-refractivity contribution in [2.45, 2.75) is 26.9 Å². The van der Waals surface area contributed by atoms with Crippen LogP contribution in [0.2, 0.25) is 0 Å². The van der Waals surface area contributed by atoms with E-state index in [0.29, 0.717) is 0 Å². The molecule has 0 atom stereocenters. The van der Waals surface area contributed by atoms with Gasteiger partial charge in [0, 0.05) is 10.4 Å². The van der Waals surface area contributed by atoms with Crippen molar-refractivity contribution in [1.82, 2.24) is 4.98 Å². The number of aliphatic hydroxyl groups is 1. The lowest BCUT2D eigenvalue weighted by Crippen LogP contribution is -1.85. The second kappa shape index (κ2) is 4.76. The second-order valence-electron chi connectivity index (χ2n) is 3.72. The summed E-state index contributed by atoms with van der Waals surface area (Å²) in [7, 11) is 0. The molecule has 3 heteroatoms. The molecular formula is C13H15NOS. The fourth-order valence-corrected chi connectivity index (χ4v) is 2.50. The smallest absolute Gasteiger partial charge is 0.119 e. The van der Waals surface area contributed by atoms with Gasteiger partial charge in [-0.1, -0.05) is 31.2 Å². The van der Waals surface area contributed by atoms with E-state index in [9.17, 15) is 0 Å². The van der Waals surface area contributed by atoms with Gasteiger partial charge in [0.15, 0.2) is 0 Å². The maximum absolute atomic E-state index is 9.05. The Balaban J connectivity index is 2.38. The lowest BCUT2D eigenvalue weighted by molar-refractivity contribution is 0.281. The van der Waals surface area contributed by atoms with Crippen LogP contribution in [0.4, 0.5) is 0 Å². The lowest BCUT2D eigenvalue weighted by atomic mass is 10.1. The van der Waals surface area contributed by atoms with Crippen LogP contribution in [-0.4, -0.2) is 10.1 Å². The molecule has 0 bridgehead atoms. The molecule has 2 nitrogen and oxygen atoms in total. The summed E-state index contributed by atoms with van der Waals surface area (Å²) in [5.41, 5.74) is 3.46. The molecule has 84 valence electrons. The van der Waals surface area contributed by atoms with Gasteiger partial charge in [-0.25, -0.2) is 4.98 Å². The van der Waals surface area contributed by atoms with Crippen LogP contribution in [0.1, 0.15) is 22.4 Å². The van der Waals surface area contributed by atoms with Crippen LogP contribution in [-0.2, 0) is 13.0 Å². The number of aromatic nitrogens is 1. The third-order valence-corrected chi connectivity index (χ3v) is 3.57. The summed E-state index contributed by atoms with van der Waals surface area (Å²) in [5, 5.41) is 9.84. The molecule has 2 rings (SSSR count). The molecule has 0 aliphatic rings. The third kappa shape index (κ3) is 2.15. The van der Waals surface area contributed by atoms with Crippen LogP contribution in [0, 0.1) is 6.92 Å². The van der Waals surface area contributed by atoms with Gasteiger partial charge in [0.05, 0.1) is 12.3 Å². The van der Waals surface area contributed by atoms with Crippen molar-refractivity contribution in [3.8, 4) is 11.3 Å². The van der Waals surface area contributed by atoms with Crippen molar-refractivity contribution in [2.75, 3.05) is 0 Å². The predicted octanol–water partition coefficient (Wildman–Crippen LogP) is 3.17. The molecule has 1 heterocycles. The van der Waals surface area contributed by atoms with Gasteiger partial charge < -0.3 is 5.11 Å². The van der Waals surface area contributed by atoms with Crippen molar-refractivity contribution in [1.29, 1.82) is 0 Å². The summed E-state index contributed by atoms with van der Waals surface area (Å²) in [4.78, 5) is 5.58. The number of benzene rings is 1. The van der Waals surface area contributed by atoms with E-state index >= 15 is 0 Å². The molecule has 1 aromatic heterocycles. The molecule has 2 aromatic rings. The normalized spacial score (nSPS) is 10.7. The van der Waals surface area contributed by atoms with E-state index in [-0.39, 0.29) is 6.61 Å². The Labute approximate surface area is 99.6 Å². The molecule has 0 aliphatic carbocycles. The first kappa shape index (κ1) is 11.3. The zero-order chi connectivity index (χ0) is 11.5. The van der Waals surface area contributed by atoms with Crippen LogP contribution < -0.4 is 0 Å². The van der Waals surface area contributed by atoms with Gasteiger partial charge in [0.1, 0.15) is 5.01 Å². The van der Waals surface area contributed by atoms with Gasteiger partial charge in [-0.05, 0) is 18.9 Å². The Morgan fingerprint density at radius 3 is 2.44 bits per heavy atom. The van der Waals surface area contributed by atoms with E-state index in [0.717, 1.165) is 27.6 Å². The number of rotatable bonds is 3. The summed E-state index contributed by atoms with van der Waals surface area (Å²) in [5.74, 6) is 0. The molecule has 0 saturated carbocycles. The molecule has 1 aromatic carbocycles. The first-order valence-electron chi connectivity index (χ1n) is 5.41. The van der Waals surface area contributed by atoms with Gasteiger partial charge in [0.25, 0.3) is 0 Å². The summed E-state index contributed by atoms with van der Waals surface area (Å²) in [6, 6.07) is 8.46. The molecule has 16 heavy (non-hydrogen) atoms. The molecule has 0 fully saturated rings. The molecule has 0 saturated heterocycles. The summed E-state index contributed by atoms with van der Waals surface area (Å²) >= 11 is 1.56. The average Bonchev–Trinajstić information content (AvgIpc) is 2.71. The third-order valence-electron chi connectivity index (χ3n) is 2.61. The number of nitrogens with zero attached hydrogens (tertiary/aromatic N) is 1. The Bertz CT molecular complexity index is 473. The number of aliphatic hydroxyl groups excluding tert-OH is 1. The Morgan fingerprint density at radius 2 is 1.94 bits per heavy atom. The van der Waals surface area contributed by atoms with Gasteiger partial charge >= 0.3 is 0 Å². The number of aryl methyl sites for hydroxylation is 2. The Kier molecular flexibility index (Phi) is 3.36. The monoisotopic (exact) mass is 233 g/mol. The van der Waals surface area contributed by atoms with Crippen molar-refractivity contribution in [3.05, 3.63) is 39.7 Å². The summed E-state index contributed by atoms with van der Waals surface area (Å²) in [6.07, 6.45) is 1.05. The average molecular weight is 233 g/mol. The van der Waals surface area contributed by atoms with Crippen LogP contribution >= 0.6 is 11.3 Å². The van der Waals surface area contributed by atoms with Gasteiger partial charge in [-0.15, -0.1) is 11.3 Å².